The quantitative estimate of drug-likeness (QED) is 0.605. The maximum atomic E-state index is 14.2. The van der Waals surface area contributed by atoms with E-state index < -0.39 is 23.4 Å². The van der Waals surface area contributed by atoms with E-state index in [1.54, 1.807) is 14.1 Å². The van der Waals surface area contributed by atoms with Crippen LogP contribution in [-0.2, 0) is 7.05 Å². The molecule has 1 aromatic carbocycles. The Kier molecular flexibility index (Phi) is 4.95. The Morgan fingerprint density at radius 2 is 1.85 bits per heavy atom. The maximum Gasteiger partial charge on any atom is 0.256 e. The van der Waals surface area contributed by atoms with E-state index in [0.29, 0.717) is 19.0 Å². The number of hydrogen-bond acceptors (Lipinski definition) is 5. The van der Waals surface area contributed by atoms with E-state index in [2.05, 4.69) is 9.97 Å². The van der Waals surface area contributed by atoms with Crippen LogP contribution >= 0.6 is 0 Å². The molecule has 1 amide bonds. The second-order valence-electron chi connectivity index (χ2n) is 8.43. The van der Waals surface area contributed by atoms with Crippen molar-refractivity contribution in [3.63, 3.8) is 0 Å². The number of hydrogen-bond donors (Lipinski definition) is 0. The zero-order valence-electron chi connectivity index (χ0n) is 17.9. The van der Waals surface area contributed by atoms with Crippen LogP contribution < -0.4 is 10.5 Å². The third kappa shape index (κ3) is 3.46. The van der Waals surface area contributed by atoms with E-state index in [0.717, 1.165) is 12.3 Å². The first-order valence-electron chi connectivity index (χ1n) is 10.4. The SMILES string of the molecule is CN(c1nc(-c2ccncc2F)cc(=O)n1C)C1[C@H]2CN(C(=O)c3cccc(F)c3F)C[C@@H]12. The summed E-state index contributed by atoms with van der Waals surface area (Å²) in [6.45, 7) is 0.780. The van der Waals surface area contributed by atoms with Gasteiger partial charge in [-0.3, -0.25) is 19.1 Å². The standard InChI is InChI=1S/C23H20F3N5O2/c1-29-19(32)8-18(12-6-7-27-9-17(12)25)28-23(29)30(2)21-14-10-31(11-15(14)21)22(33)13-4-3-5-16(24)20(13)26/h3-9,14-15,21H,10-11H2,1-2H3/t14-,15+,21?. The number of rotatable bonds is 4. The van der Waals surface area contributed by atoms with Crippen LogP contribution in [0.3, 0.4) is 0 Å². The number of benzene rings is 1. The summed E-state index contributed by atoms with van der Waals surface area (Å²) in [5, 5.41) is 0. The molecule has 0 bridgehead atoms. The van der Waals surface area contributed by atoms with Crippen molar-refractivity contribution in [2.75, 3.05) is 25.0 Å². The molecule has 33 heavy (non-hydrogen) atoms. The summed E-state index contributed by atoms with van der Waals surface area (Å²) in [6.07, 6.45) is 2.50. The number of fused-ring (bicyclic) bond motifs is 1. The monoisotopic (exact) mass is 455 g/mol. The number of likely N-dealkylation sites (tertiary alicyclic amines) is 1. The lowest BCUT2D eigenvalue weighted by molar-refractivity contribution is 0.0767. The van der Waals surface area contributed by atoms with Gasteiger partial charge in [0, 0.05) is 62.9 Å². The average molecular weight is 455 g/mol. The highest BCUT2D eigenvalue weighted by Crippen LogP contribution is 2.49. The molecule has 7 nitrogen and oxygen atoms in total. The number of aromatic nitrogens is 3. The molecule has 2 aromatic heterocycles. The van der Waals surface area contributed by atoms with Gasteiger partial charge in [-0.1, -0.05) is 6.07 Å². The number of pyridine rings is 1. The smallest absolute Gasteiger partial charge is 0.256 e. The highest BCUT2D eigenvalue weighted by molar-refractivity contribution is 5.95. The van der Waals surface area contributed by atoms with Gasteiger partial charge in [0.2, 0.25) is 5.95 Å². The fraction of sp³-hybridized carbons (Fsp3) is 0.304. The summed E-state index contributed by atoms with van der Waals surface area (Å²) < 4.78 is 43.1. The minimum absolute atomic E-state index is 0.0158. The lowest BCUT2D eigenvalue weighted by atomic mass is 10.1. The van der Waals surface area contributed by atoms with E-state index in [1.165, 1.54) is 39.9 Å². The Balaban J connectivity index is 1.35. The number of piperidine rings is 1. The summed E-state index contributed by atoms with van der Waals surface area (Å²) in [7, 11) is 3.39. The molecule has 1 aliphatic carbocycles. The van der Waals surface area contributed by atoms with E-state index in [4.69, 9.17) is 0 Å². The molecule has 2 aliphatic rings. The van der Waals surface area contributed by atoms with Crippen molar-refractivity contribution in [3.8, 4) is 11.3 Å². The molecule has 3 aromatic rings. The molecule has 0 spiro atoms. The third-order valence-corrected chi connectivity index (χ3v) is 6.54. The molecule has 3 atom stereocenters. The van der Waals surface area contributed by atoms with Gasteiger partial charge in [0.15, 0.2) is 17.5 Å². The van der Waals surface area contributed by atoms with Gasteiger partial charge in [-0.05, 0) is 18.2 Å². The van der Waals surface area contributed by atoms with E-state index in [1.807, 2.05) is 4.90 Å². The van der Waals surface area contributed by atoms with Crippen molar-refractivity contribution in [2.45, 2.75) is 6.04 Å². The first kappa shape index (κ1) is 21.2. The molecular weight excluding hydrogens is 435 g/mol. The van der Waals surface area contributed by atoms with Crippen LogP contribution in [0.4, 0.5) is 19.1 Å². The second-order valence-corrected chi connectivity index (χ2v) is 8.43. The summed E-state index contributed by atoms with van der Waals surface area (Å²) >= 11 is 0. The molecule has 3 heterocycles. The van der Waals surface area contributed by atoms with Gasteiger partial charge in [0.1, 0.15) is 0 Å². The fourth-order valence-corrected chi connectivity index (χ4v) is 4.77. The Labute approximate surface area is 187 Å². The zero-order chi connectivity index (χ0) is 23.4. The zero-order valence-corrected chi connectivity index (χ0v) is 17.9. The molecular formula is C23H20F3N5O2. The molecule has 10 heteroatoms. The molecule has 1 aliphatic heterocycles. The summed E-state index contributed by atoms with van der Waals surface area (Å²) in [4.78, 5) is 36.8. The van der Waals surface area contributed by atoms with Gasteiger partial charge < -0.3 is 9.80 Å². The Bertz CT molecular complexity index is 1320. The average Bonchev–Trinajstić information content (AvgIpc) is 3.29. The third-order valence-electron chi connectivity index (χ3n) is 6.54. The minimum atomic E-state index is -1.14. The van der Waals surface area contributed by atoms with Crippen molar-refractivity contribution in [2.24, 2.45) is 18.9 Å². The molecule has 1 saturated heterocycles. The van der Waals surface area contributed by atoms with E-state index in [9.17, 15) is 22.8 Å². The van der Waals surface area contributed by atoms with E-state index in [-0.39, 0.29) is 40.3 Å². The van der Waals surface area contributed by atoms with Crippen LogP contribution in [0.2, 0.25) is 0 Å². The highest BCUT2D eigenvalue weighted by atomic mass is 19.2. The van der Waals surface area contributed by atoms with Crippen molar-refractivity contribution >= 4 is 11.9 Å². The van der Waals surface area contributed by atoms with Gasteiger partial charge in [0.25, 0.3) is 11.5 Å². The topological polar surface area (TPSA) is 71.3 Å². The van der Waals surface area contributed by atoms with E-state index >= 15 is 0 Å². The molecule has 0 N–H and O–H groups in total. The van der Waals surface area contributed by atoms with Crippen molar-refractivity contribution in [1.82, 2.24) is 19.4 Å². The van der Waals surface area contributed by atoms with Crippen molar-refractivity contribution in [3.05, 3.63) is 76.1 Å². The van der Waals surface area contributed by atoms with Crippen LogP contribution in [0.25, 0.3) is 11.3 Å². The first-order valence-corrected chi connectivity index (χ1v) is 10.4. The normalized spacial score (nSPS) is 21.1. The molecule has 1 unspecified atom stereocenters. The van der Waals surface area contributed by atoms with Crippen LogP contribution in [0.15, 0.2) is 47.5 Å². The summed E-state index contributed by atoms with van der Waals surface area (Å²) in [6, 6.07) is 6.31. The van der Waals surface area contributed by atoms with Gasteiger partial charge in [0.05, 0.1) is 17.5 Å². The van der Waals surface area contributed by atoms with Gasteiger partial charge in [-0.2, -0.15) is 0 Å². The molecule has 2 fully saturated rings. The highest BCUT2D eigenvalue weighted by Gasteiger charge is 2.59. The van der Waals surface area contributed by atoms with Crippen LogP contribution in [0, 0.1) is 29.3 Å². The van der Waals surface area contributed by atoms with Crippen LogP contribution in [0.1, 0.15) is 10.4 Å². The van der Waals surface area contributed by atoms with Crippen molar-refractivity contribution in [1.29, 1.82) is 0 Å². The first-order chi connectivity index (χ1) is 15.8. The number of carbonyl (C=O) groups is 1. The number of halogens is 3. The number of nitrogens with zero attached hydrogens (tertiary/aromatic N) is 5. The Morgan fingerprint density at radius 1 is 1.12 bits per heavy atom. The predicted molar refractivity (Wildman–Crippen MR) is 114 cm³/mol. The second kappa shape index (κ2) is 7.72. The molecule has 0 radical (unpaired) electrons. The summed E-state index contributed by atoms with van der Waals surface area (Å²) in [5.74, 6) is -2.73. The summed E-state index contributed by atoms with van der Waals surface area (Å²) in [5.41, 5.74) is -0.217. The minimum Gasteiger partial charge on any atom is -0.342 e. The molecule has 1 saturated carbocycles. The lowest BCUT2D eigenvalue weighted by Gasteiger charge is -2.26. The number of carbonyl (C=O) groups excluding carboxylic acids is 1. The Morgan fingerprint density at radius 3 is 2.55 bits per heavy atom. The fourth-order valence-electron chi connectivity index (χ4n) is 4.77. The van der Waals surface area contributed by atoms with Crippen LogP contribution in [0.5, 0.6) is 0 Å². The van der Waals surface area contributed by atoms with Crippen molar-refractivity contribution < 1.29 is 18.0 Å². The van der Waals surface area contributed by atoms with Gasteiger partial charge >= 0.3 is 0 Å². The molecule has 5 rings (SSSR count). The predicted octanol–water partition coefficient (Wildman–Crippen LogP) is 2.47. The number of anilines is 1. The molecule has 170 valence electrons. The van der Waals surface area contributed by atoms with Gasteiger partial charge in [-0.15, -0.1) is 0 Å². The van der Waals surface area contributed by atoms with Crippen LogP contribution in [-0.4, -0.2) is 51.5 Å². The van der Waals surface area contributed by atoms with Gasteiger partial charge in [-0.25, -0.2) is 18.2 Å². The lowest BCUT2D eigenvalue weighted by Crippen LogP contribution is -2.38. The number of amides is 1. The Hall–Kier alpha value is -3.69. The largest absolute Gasteiger partial charge is 0.342 e. The maximum absolute atomic E-state index is 14.2.